The van der Waals surface area contributed by atoms with Gasteiger partial charge in [-0.05, 0) is 36.8 Å². The third-order valence-electron chi connectivity index (χ3n) is 5.29. The summed E-state index contributed by atoms with van der Waals surface area (Å²) in [7, 11) is -0.521. The first-order chi connectivity index (χ1) is 14.8. The van der Waals surface area contributed by atoms with Crippen LogP contribution in [0.4, 0.5) is 0 Å². The summed E-state index contributed by atoms with van der Waals surface area (Å²) in [5, 5.41) is 0. The van der Waals surface area contributed by atoms with Crippen molar-refractivity contribution in [1.82, 2.24) is 14.5 Å². The van der Waals surface area contributed by atoms with E-state index in [1.165, 1.54) is 12.1 Å². The number of piperazine rings is 1. The molecule has 1 heterocycles. The van der Waals surface area contributed by atoms with Crippen LogP contribution in [-0.4, -0.2) is 70.6 Å². The fraction of sp³-hybridized carbons (Fsp3) is 0.409. The number of carbonyl (C=O) groups excluding carboxylic acids is 1. The summed E-state index contributed by atoms with van der Waals surface area (Å²) < 4.78 is 38.1. The van der Waals surface area contributed by atoms with Gasteiger partial charge in [0.1, 0.15) is 0 Å². The number of rotatable bonds is 8. The van der Waals surface area contributed by atoms with Crippen molar-refractivity contribution in [3.63, 3.8) is 0 Å². The largest absolute Gasteiger partial charge is 0.493 e. The van der Waals surface area contributed by atoms with Crippen molar-refractivity contribution in [1.29, 1.82) is 0 Å². The monoisotopic (exact) mass is 447 g/mol. The summed E-state index contributed by atoms with van der Waals surface area (Å²) in [5.74, 6) is 1.16. The fourth-order valence-electron chi connectivity index (χ4n) is 3.59. The van der Waals surface area contributed by atoms with Crippen LogP contribution >= 0.6 is 0 Å². The van der Waals surface area contributed by atoms with Crippen molar-refractivity contribution >= 4 is 15.9 Å². The number of ether oxygens (including phenoxy) is 2. The lowest BCUT2D eigenvalue weighted by Gasteiger charge is -2.36. The molecule has 2 aromatic carbocycles. The Bertz CT molecular complexity index is 989. The second-order valence-corrected chi connectivity index (χ2v) is 9.16. The predicted octanol–water partition coefficient (Wildman–Crippen LogP) is 1.72. The first-order valence-electron chi connectivity index (χ1n) is 10.1. The molecule has 9 heteroatoms. The molecule has 2 aromatic rings. The maximum absolute atomic E-state index is 12.8. The van der Waals surface area contributed by atoms with E-state index >= 15 is 0 Å². The molecule has 1 unspecified atom stereocenters. The quantitative estimate of drug-likeness (QED) is 0.663. The maximum Gasteiger partial charge on any atom is 0.241 e. The van der Waals surface area contributed by atoms with E-state index < -0.39 is 16.1 Å². The molecule has 1 amide bonds. The molecule has 1 N–H and O–H groups in total. The van der Waals surface area contributed by atoms with E-state index in [1.54, 1.807) is 44.2 Å². The Morgan fingerprint density at radius 1 is 1.00 bits per heavy atom. The Hall–Kier alpha value is -2.62. The summed E-state index contributed by atoms with van der Waals surface area (Å²) in [6.07, 6.45) is 0. The fourth-order valence-corrected chi connectivity index (χ4v) is 4.81. The Morgan fingerprint density at radius 3 is 2.26 bits per heavy atom. The molecule has 1 aliphatic rings. The minimum Gasteiger partial charge on any atom is -0.493 e. The van der Waals surface area contributed by atoms with Gasteiger partial charge < -0.3 is 14.4 Å². The molecule has 1 aliphatic heterocycles. The zero-order valence-corrected chi connectivity index (χ0v) is 18.9. The van der Waals surface area contributed by atoms with E-state index in [-0.39, 0.29) is 10.8 Å². The average molecular weight is 448 g/mol. The number of methoxy groups -OCH3 is 2. The van der Waals surface area contributed by atoms with Crippen LogP contribution in [0.5, 0.6) is 11.5 Å². The zero-order chi connectivity index (χ0) is 22.4. The van der Waals surface area contributed by atoms with Crippen LogP contribution in [-0.2, 0) is 21.4 Å². The van der Waals surface area contributed by atoms with Crippen molar-refractivity contribution in [3.05, 3.63) is 54.1 Å². The second kappa shape index (κ2) is 10.1. The molecular formula is C22H29N3O5S. The van der Waals surface area contributed by atoms with Gasteiger partial charge in [0.2, 0.25) is 15.9 Å². The van der Waals surface area contributed by atoms with Gasteiger partial charge >= 0.3 is 0 Å². The van der Waals surface area contributed by atoms with Crippen LogP contribution < -0.4 is 14.2 Å². The van der Waals surface area contributed by atoms with Crippen LogP contribution in [0.25, 0.3) is 0 Å². The van der Waals surface area contributed by atoms with Crippen molar-refractivity contribution in [2.45, 2.75) is 24.4 Å². The number of nitrogens with zero attached hydrogens (tertiary/aromatic N) is 2. The van der Waals surface area contributed by atoms with Gasteiger partial charge in [-0.15, -0.1) is 0 Å². The Kier molecular flexibility index (Phi) is 7.53. The van der Waals surface area contributed by atoms with Gasteiger partial charge in [0.05, 0.1) is 25.2 Å². The Labute approximate surface area is 183 Å². The van der Waals surface area contributed by atoms with Gasteiger partial charge in [-0.2, -0.15) is 4.72 Å². The Morgan fingerprint density at radius 2 is 1.65 bits per heavy atom. The van der Waals surface area contributed by atoms with Crippen molar-refractivity contribution < 1.29 is 22.7 Å². The standard InChI is InChI=1S/C22H29N3O5S/c1-17(23-31(27,28)19-7-5-4-6-8-19)22(26)25-13-11-24(12-14-25)16-18-9-10-20(29-2)21(15-18)30-3/h4-10,15,17,23H,11-14,16H2,1-3H3. The molecule has 1 atom stereocenters. The van der Waals surface area contributed by atoms with Gasteiger partial charge in [0.25, 0.3) is 0 Å². The Balaban J connectivity index is 1.54. The summed E-state index contributed by atoms with van der Waals surface area (Å²) in [6.45, 7) is 4.82. The maximum atomic E-state index is 12.8. The molecule has 3 rings (SSSR count). The van der Waals surface area contributed by atoms with Crippen LogP contribution in [0.2, 0.25) is 0 Å². The lowest BCUT2D eigenvalue weighted by Crippen LogP contribution is -2.53. The summed E-state index contributed by atoms with van der Waals surface area (Å²) >= 11 is 0. The molecule has 0 radical (unpaired) electrons. The van der Waals surface area contributed by atoms with E-state index in [9.17, 15) is 13.2 Å². The minimum atomic E-state index is -3.74. The van der Waals surface area contributed by atoms with Gasteiger partial charge in [0, 0.05) is 32.7 Å². The smallest absolute Gasteiger partial charge is 0.241 e. The molecule has 1 saturated heterocycles. The molecular weight excluding hydrogens is 418 g/mol. The number of hydrogen-bond donors (Lipinski definition) is 1. The first-order valence-corrected chi connectivity index (χ1v) is 11.6. The first kappa shape index (κ1) is 23.1. The molecule has 0 saturated carbocycles. The SMILES string of the molecule is COc1ccc(CN2CCN(C(=O)C(C)NS(=O)(=O)c3ccccc3)CC2)cc1OC. The number of hydrogen-bond acceptors (Lipinski definition) is 6. The predicted molar refractivity (Wildman–Crippen MR) is 118 cm³/mol. The molecule has 31 heavy (non-hydrogen) atoms. The van der Waals surface area contributed by atoms with Crippen molar-refractivity contribution in [3.8, 4) is 11.5 Å². The number of sulfonamides is 1. The van der Waals surface area contributed by atoms with Gasteiger partial charge in [-0.25, -0.2) is 8.42 Å². The molecule has 8 nitrogen and oxygen atoms in total. The van der Waals surface area contributed by atoms with Gasteiger partial charge in [0.15, 0.2) is 11.5 Å². The highest BCUT2D eigenvalue weighted by molar-refractivity contribution is 7.89. The highest BCUT2D eigenvalue weighted by Gasteiger charge is 2.28. The highest BCUT2D eigenvalue weighted by Crippen LogP contribution is 2.28. The van der Waals surface area contributed by atoms with E-state index in [1.807, 2.05) is 18.2 Å². The molecule has 0 aliphatic carbocycles. The second-order valence-electron chi connectivity index (χ2n) is 7.45. The molecule has 0 spiro atoms. The normalized spacial score (nSPS) is 16.0. The van der Waals surface area contributed by atoms with Crippen molar-refractivity contribution in [2.24, 2.45) is 0 Å². The van der Waals surface area contributed by atoms with Crippen LogP contribution in [0.3, 0.4) is 0 Å². The lowest BCUT2D eigenvalue weighted by atomic mass is 10.1. The summed E-state index contributed by atoms with van der Waals surface area (Å²) in [4.78, 5) is 16.9. The highest BCUT2D eigenvalue weighted by atomic mass is 32.2. The van der Waals surface area contributed by atoms with Crippen molar-refractivity contribution in [2.75, 3.05) is 40.4 Å². The third kappa shape index (κ3) is 5.75. The topological polar surface area (TPSA) is 88.2 Å². The summed E-state index contributed by atoms with van der Waals surface area (Å²) in [5.41, 5.74) is 1.10. The number of amides is 1. The van der Waals surface area contributed by atoms with E-state index in [0.29, 0.717) is 37.7 Å². The zero-order valence-electron chi connectivity index (χ0n) is 18.1. The number of benzene rings is 2. The van der Waals surface area contributed by atoms with Gasteiger partial charge in [-0.3, -0.25) is 9.69 Å². The molecule has 0 bridgehead atoms. The van der Waals surface area contributed by atoms with E-state index in [2.05, 4.69) is 9.62 Å². The lowest BCUT2D eigenvalue weighted by molar-refractivity contribution is -0.134. The number of carbonyl (C=O) groups is 1. The molecule has 0 aromatic heterocycles. The van der Waals surface area contributed by atoms with Crippen LogP contribution in [0.1, 0.15) is 12.5 Å². The average Bonchev–Trinajstić information content (AvgIpc) is 2.79. The van der Waals surface area contributed by atoms with E-state index in [0.717, 1.165) is 12.1 Å². The summed E-state index contributed by atoms with van der Waals surface area (Å²) in [6, 6.07) is 13.1. The van der Waals surface area contributed by atoms with E-state index in [4.69, 9.17) is 9.47 Å². The number of nitrogens with one attached hydrogen (secondary N) is 1. The van der Waals surface area contributed by atoms with Gasteiger partial charge in [-0.1, -0.05) is 24.3 Å². The third-order valence-corrected chi connectivity index (χ3v) is 6.85. The molecule has 168 valence electrons. The van der Waals surface area contributed by atoms with Crippen LogP contribution in [0, 0.1) is 0 Å². The van der Waals surface area contributed by atoms with Crippen LogP contribution in [0.15, 0.2) is 53.4 Å². The molecule has 1 fully saturated rings. The minimum absolute atomic E-state index is 0.148.